The predicted molar refractivity (Wildman–Crippen MR) is 59.5 cm³/mol. The first-order chi connectivity index (χ1) is 7.04. The van der Waals surface area contributed by atoms with Crippen molar-refractivity contribution in [3.8, 4) is 0 Å². The van der Waals surface area contributed by atoms with Gasteiger partial charge in [-0.25, -0.2) is 0 Å². The molecule has 1 aliphatic rings. The maximum absolute atomic E-state index is 11.6. The van der Waals surface area contributed by atoms with E-state index in [0.717, 1.165) is 12.8 Å². The van der Waals surface area contributed by atoms with Crippen molar-refractivity contribution in [1.82, 2.24) is 4.90 Å². The zero-order chi connectivity index (χ0) is 11.4. The van der Waals surface area contributed by atoms with Gasteiger partial charge in [-0.2, -0.15) is 0 Å². The molecule has 1 saturated heterocycles. The average molecular weight is 211 g/mol. The molecule has 86 valence electrons. The Balaban J connectivity index is 2.48. The van der Waals surface area contributed by atoms with E-state index in [1.807, 2.05) is 4.90 Å². The normalized spacial score (nSPS) is 21.7. The van der Waals surface area contributed by atoms with Crippen LogP contribution in [0.1, 0.15) is 46.5 Å². The number of carbonyl (C=O) groups is 2. The third-order valence-corrected chi connectivity index (χ3v) is 3.27. The fraction of sp³-hybridized carbons (Fsp3) is 0.833. The van der Waals surface area contributed by atoms with Gasteiger partial charge < -0.3 is 4.90 Å². The van der Waals surface area contributed by atoms with Crippen molar-refractivity contribution >= 4 is 11.7 Å². The summed E-state index contributed by atoms with van der Waals surface area (Å²) in [4.78, 5) is 24.6. The summed E-state index contributed by atoms with van der Waals surface area (Å²) in [6.07, 6.45) is 2.84. The molecule has 0 spiro atoms. The lowest BCUT2D eigenvalue weighted by molar-refractivity contribution is -0.141. The highest BCUT2D eigenvalue weighted by Crippen LogP contribution is 2.18. The molecule has 1 amide bonds. The van der Waals surface area contributed by atoms with E-state index in [1.54, 1.807) is 0 Å². The summed E-state index contributed by atoms with van der Waals surface area (Å²) >= 11 is 0. The van der Waals surface area contributed by atoms with E-state index >= 15 is 0 Å². The molecular weight excluding hydrogens is 190 g/mol. The van der Waals surface area contributed by atoms with Crippen LogP contribution in [0, 0.1) is 5.92 Å². The zero-order valence-corrected chi connectivity index (χ0v) is 9.95. The Morgan fingerprint density at radius 3 is 2.53 bits per heavy atom. The number of amides is 1. The summed E-state index contributed by atoms with van der Waals surface area (Å²) in [5.74, 6) is 0.750. The maximum Gasteiger partial charge on any atom is 0.230 e. The molecule has 15 heavy (non-hydrogen) atoms. The Kier molecular flexibility index (Phi) is 4.30. The molecule has 0 bridgehead atoms. The molecule has 3 nitrogen and oxygen atoms in total. The number of hydrogen-bond donors (Lipinski definition) is 0. The number of hydrogen-bond acceptors (Lipinski definition) is 2. The van der Waals surface area contributed by atoms with E-state index in [0.29, 0.717) is 18.9 Å². The van der Waals surface area contributed by atoms with Gasteiger partial charge in [-0.3, -0.25) is 9.59 Å². The quantitative estimate of drug-likeness (QED) is 0.667. The number of ketones is 1. The van der Waals surface area contributed by atoms with Gasteiger partial charge in [0.15, 0.2) is 0 Å². The highest BCUT2D eigenvalue weighted by molar-refractivity contribution is 6.00. The molecule has 1 heterocycles. The molecule has 3 heteroatoms. The second kappa shape index (κ2) is 5.29. The van der Waals surface area contributed by atoms with Crippen LogP contribution < -0.4 is 0 Å². The van der Waals surface area contributed by atoms with E-state index < -0.39 is 0 Å². The van der Waals surface area contributed by atoms with Crippen LogP contribution in [-0.2, 0) is 9.59 Å². The van der Waals surface area contributed by atoms with Crippen LogP contribution in [0.3, 0.4) is 0 Å². The molecule has 1 fully saturated rings. The van der Waals surface area contributed by atoms with Gasteiger partial charge in [0, 0.05) is 19.0 Å². The maximum atomic E-state index is 11.6. The minimum Gasteiger partial charge on any atom is -0.339 e. The van der Waals surface area contributed by atoms with E-state index in [4.69, 9.17) is 0 Å². The first kappa shape index (κ1) is 12.2. The van der Waals surface area contributed by atoms with E-state index in [2.05, 4.69) is 20.8 Å². The third-order valence-electron chi connectivity index (χ3n) is 3.27. The number of Topliss-reactive ketones (excluding diaryl/α,β-unsaturated/α-hetero) is 1. The van der Waals surface area contributed by atoms with E-state index in [1.165, 1.54) is 0 Å². The summed E-state index contributed by atoms with van der Waals surface area (Å²) in [6.45, 7) is 7.07. The van der Waals surface area contributed by atoms with Gasteiger partial charge in [0.2, 0.25) is 5.91 Å². The van der Waals surface area contributed by atoms with Crippen molar-refractivity contribution in [1.29, 1.82) is 0 Å². The van der Waals surface area contributed by atoms with Crippen molar-refractivity contribution < 1.29 is 9.59 Å². The van der Waals surface area contributed by atoms with Crippen LogP contribution in [0.2, 0.25) is 0 Å². The highest BCUT2D eigenvalue weighted by Gasteiger charge is 2.27. The van der Waals surface area contributed by atoms with Gasteiger partial charge >= 0.3 is 0 Å². The highest BCUT2D eigenvalue weighted by atomic mass is 16.2. The van der Waals surface area contributed by atoms with Crippen LogP contribution in [0.15, 0.2) is 0 Å². The smallest absolute Gasteiger partial charge is 0.230 e. The number of piperidine rings is 1. The molecule has 0 aromatic rings. The van der Waals surface area contributed by atoms with Crippen molar-refractivity contribution in [3.63, 3.8) is 0 Å². The van der Waals surface area contributed by atoms with Crippen molar-refractivity contribution in [3.05, 3.63) is 0 Å². The SMILES string of the molecule is CCC(C)CC(C)N1CCC(=O)CC1=O. The summed E-state index contributed by atoms with van der Waals surface area (Å²) < 4.78 is 0. The molecule has 1 aliphatic heterocycles. The summed E-state index contributed by atoms with van der Waals surface area (Å²) in [5.41, 5.74) is 0. The Hall–Kier alpha value is -0.860. The van der Waals surface area contributed by atoms with Crippen LogP contribution in [0.5, 0.6) is 0 Å². The van der Waals surface area contributed by atoms with E-state index in [9.17, 15) is 9.59 Å². The number of likely N-dealkylation sites (tertiary alicyclic amines) is 1. The fourth-order valence-electron chi connectivity index (χ4n) is 2.07. The number of carbonyl (C=O) groups excluding carboxylic acids is 2. The molecule has 2 atom stereocenters. The lowest BCUT2D eigenvalue weighted by atomic mass is 9.97. The molecule has 0 radical (unpaired) electrons. The Morgan fingerprint density at radius 2 is 2.00 bits per heavy atom. The molecule has 0 saturated carbocycles. The first-order valence-corrected chi connectivity index (χ1v) is 5.85. The summed E-state index contributed by atoms with van der Waals surface area (Å²) in [6, 6.07) is 0.278. The largest absolute Gasteiger partial charge is 0.339 e. The molecule has 0 aromatic carbocycles. The standard InChI is InChI=1S/C12H21NO2/c1-4-9(2)7-10(3)13-6-5-11(14)8-12(13)15/h9-10H,4-8H2,1-3H3. The summed E-state index contributed by atoms with van der Waals surface area (Å²) in [7, 11) is 0. The van der Waals surface area contributed by atoms with Crippen LogP contribution >= 0.6 is 0 Å². The van der Waals surface area contributed by atoms with Gasteiger partial charge in [0.05, 0.1) is 6.42 Å². The minimum atomic E-state index is 0.0158. The lowest BCUT2D eigenvalue weighted by Gasteiger charge is -2.33. The Morgan fingerprint density at radius 1 is 1.33 bits per heavy atom. The predicted octanol–water partition coefficient (Wildman–Crippen LogP) is 2.00. The first-order valence-electron chi connectivity index (χ1n) is 5.85. The van der Waals surface area contributed by atoms with Crippen LogP contribution in [0.25, 0.3) is 0 Å². The molecule has 2 unspecified atom stereocenters. The van der Waals surface area contributed by atoms with E-state index in [-0.39, 0.29) is 24.2 Å². The van der Waals surface area contributed by atoms with Crippen molar-refractivity contribution in [2.75, 3.05) is 6.54 Å². The molecule has 0 aliphatic carbocycles. The van der Waals surface area contributed by atoms with Crippen molar-refractivity contribution in [2.45, 2.75) is 52.5 Å². The fourth-order valence-corrected chi connectivity index (χ4v) is 2.07. The lowest BCUT2D eigenvalue weighted by Crippen LogP contribution is -2.44. The second-order valence-corrected chi connectivity index (χ2v) is 4.65. The topological polar surface area (TPSA) is 37.4 Å². The minimum absolute atomic E-state index is 0.0158. The van der Waals surface area contributed by atoms with Gasteiger partial charge in [-0.15, -0.1) is 0 Å². The van der Waals surface area contributed by atoms with Gasteiger partial charge in [0.25, 0.3) is 0 Å². The summed E-state index contributed by atoms with van der Waals surface area (Å²) in [5, 5.41) is 0. The number of nitrogens with zero attached hydrogens (tertiary/aromatic N) is 1. The average Bonchev–Trinajstić information content (AvgIpc) is 2.17. The number of rotatable bonds is 4. The van der Waals surface area contributed by atoms with Crippen LogP contribution in [0.4, 0.5) is 0 Å². The van der Waals surface area contributed by atoms with Gasteiger partial charge in [0.1, 0.15) is 5.78 Å². The van der Waals surface area contributed by atoms with Gasteiger partial charge in [-0.05, 0) is 19.3 Å². The molecule has 1 rings (SSSR count). The Labute approximate surface area is 91.8 Å². The molecule has 0 aromatic heterocycles. The molecular formula is C12H21NO2. The zero-order valence-electron chi connectivity index (χ0n) is 9.95. The van der Waals surface area contributed by atoms with Gasteiger partial charge in [-0.1, -0.05) is 20.3 Å². The Bertz CT molecular complexity index is 250. The van der Waals surface area contributed by atoms with Crippen LogP contribution in [-0.4, -0.2) is 29.2 Å². The monoisotopic (exact) mass is 211 g/mol. The third kappa shape index (κ3) is 3.33. The second-order valence-electron chi connectivity index (χ2n) is 4.65. The molecule has 0 N–H and O–H groups in total. The van der Waals surface area contributed by atoms with Crippen molar-refractivity contribution in [2.24, 2.45) is 5.92 Å².